The number of rotatable bonds is 6. The first-order chi connectivity index (χ1) is 14.1. The minimum atomic E-state index is -0.990. The molecular weight excluding hydrogens is 479 g/mol. The van der Waals surface area contributed by atoms with Crippen LogP contribution in [0.25, 0.3) is 16.9 Å². The number of para-hydroxylation sites is 1. The van der Waals surface area contributed by atoms with Crippen LogP contribution in [0.15, 0.2) is 79.1 Å². The van der Waals surface area contributed by atoms with Gasteiger partial charge in [-0.25, -0.2) is 14.5 Å². The number of carbonyl (C=O) groups is 1. The summed E-state index contributed by atoms with van der Waals surface area (Å²) in [5.74, 6) is -0.990. The Kier molecular flexibility index (Phi) is 5.57. The highest BCUT2D eigenvalue weighted by molar-refractivity contribution is 14.1. The number of halogens is 1. The third-order valence-corrected chi connectivity index (χ3v) is 5.27. The topological polar surface area (TPSA) is 80.0 Å². The molecule has 0 bridgehead atoms. The number of hydrogen-bond donors (Lipinski definition) is 2. The van der Waals surface area contributed by atoms with Gasteiger partial charge in [-0.2, -0.15) is 5.10 Å². The van der Waals surface area contributed by atoms with E-state index in [0.29, 0.717) is 15.9 Å². The molecule has 2 heterocycles. The van der Waals surface area contributed by atoms with Gasteiger partial charge in [0.25, 0.3) is 0 Å². The Bertz CT molecular complexity index is 1140. The van der Waals surface area contributed by atoms with Crippen molar-refractivity contribution in [1.29, 1.82) is 0 Å². The van der Waals surface area contributed by atoms with E-state index in [9.17, 15) is 9.90 Å². The molecule has 0 spiro atoms. The summed E-state index contributed by atoms with van der Waals surface area (Å²) in [6.45, 7) is 0.416. The summed E-state index contributed by atoms with van der Waals surface area (Å²) in [7, 11) is 0. The van der Waals surface area contributed by atoms with E-state index in [-0.39, 0.29) is 5.56 Å². The Morgan fingerprint density at radius 1 is 1.03 bits per heavy atom. The molecule has 0 atom stereocenters. The minimum Gasteiger partial charge on any atom is -0.478 e. The van der Waals surface area contributed by atoms with Crippen LogP contribution in [0.4, 0.5) is 5.69 Å². The normalized spacial score (nSPS) is 10.7. The van der Waals surface area contributed by atoms with Crippen molar-refractivity contribution in [1.82, 2.24) is 14.8 Å². The number of carboxylic acids is 1. The summed E-state index contributed by atoms with van der Waals surface area (Å²) in [6, 6.07) is 21.3. The van der Waals surface area contributed by atoms with Crippen LogP contribution in [0.3, 0.4) is 0 Å². The zero-order chi connectivity index (χ0) is 20.2. The number of nitrogens with zero attached hydrogens (tertiary/aromatic N) is 3. The van der Waals surface area contributed by atoms with Gasteiger partial charge in [-0.05, 0) is 40.8 Å². The Hall–Kier alpha value is -3.20. The summed E-state index contributed by atoms with van der Waals surface area (Å²) in [6.07, 6.45) is 3.47. The van der Waals surface area contributed by atoms with E-state index in [1.54, 1.807) is 0 Å². The van der Waals surface area contributed by atoms with Gasteiger partial charge in [0.15, 0.2) is 0 Å². The number of carboxylic acid groups (broad SMARTS) is 1. The van der Waals surface area contributed by atoms with Crippen molar-refractivity contribution in [3.05, 3.63) is 94.0 Å². The van der Waals surface area contributed by atoms with Gasteiger partial charge in [-0.1, -0.05) is 48.5 Å². The molecule has 0 radical (unpaired) electrons. The average molecular weight is 496 g/mol. The lowest BCUT2D eigenvalue weighted by Gasteiger charge is -2.11. The zero-order valence-electron chi connectivity index (χ0n) is 15.3. The van der Waals surface area contributed by atoms with Crippen molar-refractivity contribution >= 4 is 34.2 Å². The maximum absolute atomic E-state index is 11.6. The van der Waals surface area contributed by atoms with Gasteiger partial charge in [0.2, 0.25) is 0 Å². The Morgan fingerprint density at radius 2 is 1.72 bits per heavy atom. The standard InChI is InChI=1S/C22H17IN4O2/c23-21-20(18(22(28)29)11-12-24-21)25-13-16-14-27(17-9-5-2-6-10-17)26-19(16)15-7-3-1-4-8-15/h1-12,14,25H,13H2,(H,28,29). The molecule has 2 aromatic heterocycles. The molecule has 29 heavy (non-hydrogen) atoms. The lowest BCUT2D eigenvalue weighted by molar-refractivity contribution is 0.0697. The number of benzene rings is 2. The van der Waals surface area contributed by atoms with Crippen LogP contribution in [-0.4, -0.2) is 25.8 Å². The highest BCUT2D eigenvalue weighted by Crippen LogP contribution is 2.26. The van der Waals surface area contributed by atoms with Crippen LogP contribution in [0, 0.1) is 3.70 Å². The van der Waals surface area contributed by atoms with E-state index in [1.165, 1.54) is 12.3 Å². The molecule has 2 aromatic carbocycles. The lowest BCUT2D eigenvalue weighted by atomic mass is 10.1. The molecule has 0 unspecified atom stereocenters. The lowest BCUT2D eigenvalue weighted by Crippen LogP contribution is -2.09. The van der Waals surface area contributed by atoms with E-state index in [1.807, 2.05) is 94.1 Å². The second-order valence-electron chi connectivity index (χ2n) is 6.33. The molecule has 0 saturated carbocycles. The third kappa shape index (κ3) is 4.14. The summed E-state index contributed by atoms with van der Waals surface area (Å²) in [4.78, 5) is 15.8. The van der Waals surface area contributed by atoms with Gasteiger partial charge >= 0.3 is 5.97 Å². The first-order valence-corrected chi connectivity index (χ1v) is 10.0. The Balaban J connectivity index is 1.72. The molecule has 0 fully saturated rings. The number of anilines is 1. The largest absolute Gasteiger partial charge is 0.478 e. The number of nitrogens with one attached hydrogen (secondary N) is 1. The fourth-order valence-corrected chi connectivity index (χ4v) is 3.70. The summed E-state index contributed by atoms with van der Waals surface area (Å²) >= 11 is 2.04. The molecule has 4 rings (SSSR count). The second kappa shape index (κ2) is 8.44. The zero-order valence-corrected chi connectivity index (χ0v) is 17.4. The SMILES string of the molecule is O=C(O)c1ccnc(I)c1NCc1cn(-c2ccccc2)nc1-c1ccccc1. The molecule has 0 saturated heterocycles. The van der Waals surface area contributed by atoms with Crippen LogP contribution >= 0.6 is 22.6 Å². The van der Waals surface area contributed by atoms with E-state index in [4.69, 9.17) is 5.10 Å². The number of pyridine rings is 1. The Morgan fingerprint density at radius 3 is 2.41 bits per heavy atom. The molecule has 0 aliphatic rings. The molecule has 0 amide bonds. The van der Waals surface area contributed by atoms with Gasteiger partial charge in [-0.15, -0.1) is 0 Å². The fraction of sp³-hybridized carbons (Fsp3) is 0.0455. The van der Waals surface area contributed by atoms with Crippen LogP contribution < -0.4 is 5.32 Å². The van der Waals surface area contributed by atoms with Crippen molar-refractivity contribution in [2.75, 3.05) is 5.32 Å². The van der Waals surface area contributed by atoms with Crippen molar-refractivity contribution in [3.8, 4) is 16.9 Å². The molecule has 0 aliphatic carbocycles. The maximum Gasteiger partial charge on any atom is 0.337 e. The molecule has 4 aromatic rings. The van der Waals surface area contributed by atoms with E-state index in [0.717, 1.165) is 22.5 Å². The summed E-state index contributed by atoms with van der Waals surface area (Å²) in [5.41, 5.74) is 4.46. The van der Waals surface area contributed by atoms with Crippen LogP contribution in [0.2, 0.25) is 0 Å². The first kappa shape index (κ1) is 19.1. The van der Waals surface area contributed by atoms with Crippen molar-refractivity contribution in [2.45, 2.75) is 6.54 Å². The Labute approximate surface area is 181 Å². The highest BCUT2D eigenvalue weighted by atomic mass is 127. The van der Waals surface area contributed by atoms with Crippen molar-refractivity contribution in [2.24, 2.45) is 0 Å². The monoisotopic (exact) mass is 496 g/mol. The fourth-order valence-electron chi connectivity index (χ4n) is 3.06. The van der Waals surface area contributed by atoms with Gasteiger partial charge in [0.1, 0.15) is 3.70 Å². The van der Waals surface area contributed by atoms with Crippen molar-refractivity contribution in [3.63, 3.8) is 0 Å². The quantitative estimate of drug-likeness (QED) is 0.295. The maximum atomic E-state index is 11.6. The first-order valence-electron chi connectivity index (χ1n) is 8.94. The third-order valence-electron chi connectivity index (χ3n) is 4.45. The molecular formula is C22H17IN4O2. The molecule has 2 N–H and O–H groups in total. The van der Waals surface area contributed by atoms with Gasteiger partial charge in [0.05, 0.1) is 22.6 Å². The van der Waals surface area contributed by atoms with Crippen LogP contribution in [0.5, 0.6) is 0 Å². The summed E-state index contributed by atoms with van der Waals surface area (Å²) < 4.78 is 2.45. The second-order valence-corrected chi connectivity index (χ2v) is 7.35. The highest BCUT2D eigenvalue weighted by Gasteiger charge is 2.16. The van der Waals surface area contributed by atoms with Gasteiger partial charge in [-0.3, -0.25) is 0 Å². The number of hydrogen-bond acceptors (Lipinski definition) is 4. The average Bonchev–Trinajstić information content (AvgIpc) is 3.18. The molecule has 144 valence electrons. The molecule has 7 heteroatoms. The van der Waals surface area contributed by atoms with E-state index >= 15 is 0 Å². The van der Waals surface area contributed by atoms with E-state index in [2.05, 4.69) is 10.3 Å². The minimum absolute atomic E-state index is 0.195. The smallest absolute Gasteiger partial charge is 0.337 e. The van der Waals surface area contributed by atoms with Crippen LogP contribution in [-0.2, 0) is 6.54 Å². The predicted octanol–water partition coefficient (Wildman–Crippen LogP) is 4.85. The van der Waals surface area contributed by atoms with Crippen molar-refractivity contribution < 1.29 is 9.90 Å². The molecule has 6 nitrogen and oxygen atoms in total. The van der Waals surface area contributed by atoms with E-state index < -0.39 is 5.97 Å². The van der Waals surface area contributed by atoms with Crippen LogP contribution in [0.1, 0.15) is 15.9 Å². The van der Waals surface area contributed by atoms with Gasteiger partial charge < -0.3 is 10.4 Å². The number of aromatic carboxylic acids is 1. The predicted molar refractivity (Wildman–Crippen MR) is 120 cm³/mol. The summed E-state index contributed by atoms with van der Waals surface area (Å²) in [5, 5.41) is 17.5. The number of aromatic nitrogens is 3. The van der Waals surface area contributed by atoms with Gasteiger partial charge in [0, 0.05) is 30.1 Å². The molecule has 0 aliphatic heterocycles.